The molecule has 1 aliphatic carbocycles. The number of nitrogens with zero attached hydrogens (tertiary/aromatic N) is 3. The molecular weight excluding hydrogens is 340 g/mol. The molecule has 2 amide bonds. The zero-order valence-corrected chi connectivity index (χ0v) is 15.0. The normalized spacial score (nSPS) is 13.5. The maximum absolute atomic E-state index is 12.7. The summed E-state index contributed by atoms with van der Waals surface area (Å²) in [6.45, 7) is 1.87. The zero-order chi connectivity index (χ0) is 17.8. The van der Waals surface area contributed by atoms with E-state index in [9.17, 15) is 9.59 Å². The van der Waals surface area contributed by atoms with E-state index in [0.717, 1.165) is 24.3 Å². The van der Waals surface area contributed by atoms with Gasteiger partial charge in [0.15, 0.2) is 0 Å². The van der Waals surface area contributed by atoms with Gasteiger partial charge in [0.05, 0.1) is 17.8 Å². The first-order chi connectivity index (χ1) is 12.0. The molecule has 0 atom stereocenters. The average molecular weight is 360 g/mol. The summed E-state index contributed by atoms with van der Waals surface area (Å²) in [7, 11) is 1.62. The summed E-state index contributed by atoms with van der Waals surface area (Å²) < 4.78 is 5.05. The maximum atomic E-state index is 12.7. The molecule has 1 aliphatic rings. The molecule has 1 fully saturated rings. The topological polar surface area (TPSA) is 88.3 Å². The number of nitrogens with one attached hydrogen (secondary N) is 1. The fraction of sp³-hybridized carbons (Fsp3) is 0.412. The second-order valence-electron chi connectivity index (χ2n) is 6.08. The van der Waals surface area contributed by atoms with E-state index < -0.39 is 0 Å². The van der Waals surface area contributed by atoms with Gasteiger partial charge in [-0.15, -0.1) is 0 Å². The quantitative estimate of drug-likeness (QED) is 0.760. The maximum Gasteiger partial charge on any atom is 0.256 e. The van der Waals surface area contributed by atoms with Crippen molar-refractivity contribution in [3.63, 3.8) is 0 Å². The van der Waals surface area contributed by atoms with E-state index in [4.69, 9.17) is 4.52 Å². The molecule has 2 aromatic rings. The monoisotopic (exact) mass is 360 g/mol. The van der Waals surface area contributed by atoms with Crippen molar-refractivity contribution >= 4 is 23.6 Å². The first-order valence-corrected chi connectivity index (χ1v) is 9.06. The molecule has 1 N–H and O–H groups in total. The van der Waals surface area contributed by atoms with Crippen LogP contribution < -0.4 is 5.32 Å². The van der Waals surface area contributed by atoms with Crippen molar-refractivity contribution in [2.75, 3.05) is 13.6 Å². The third kappa shape index (κ3) is 4.82. The molecule has 25 heavy (non-hydrogen) atoms. The number of rotatable bonds is 7. The van der Waals surface area contributed by atoms with E-state index in [1.807, 2.05) is 13.0 Å². The summed E-state index contributed by atoms with van der Waals surface area (Å²) in [5.41, 5.74) is 1.28. The highest BCUT2D eigenvalue weighted by Gasteiger charge is 2.25. The van der Waals surface area contributed by atoms with Crippen molar-refractivity contribution in [2.45, 2.75) is 36.6 Å². The molecule has 8 heteroatoms. The number of thioether (sulfide) groups is 1. The van der Waals surface area contributed by atoms with E-state index in [1.165, 1.54) is 16.7 Å². The summed E-state index contributed by atoms with van der Waals surface area (Å²) in [5, 5.41) is 7.44. The molecule has 132 valence electrons. The highest BCUT2D eigenvalue weighted by Crippen LogP contribution is 2.25. The van der Waals surface area contributed by atoms with Crippen molar-refractivity contribution in [3.8, 4) is 0 Å². The van der Waals surface area contributed by atoms with Gasteiger partial charge in [0.2, 0.25) is 5.91 Å². The standard InChI is InChI=1S/C17H20N4O3S/c1-11-8-13(20-24-11)10-25-16-14(4-3-7-18-16)17(23)21(2)9-15(22)19-12-5-6-12/h3-4,7-8,12H,5-6,9-10H2,1-2H3,(H,19,22). The fourth-order valence-electron chi connectivity index (χ4n) is 2.29. The Balaban J connectivity index is 1.63. The third-order valence-corrected chi connectivity index (χ3v) is 4.74. The van der Waals surface area contributed by atoms with Crippen LogP contribution >= 0.6 is 11.8 Å². The van der Waals surface area contributed by atoms with Gasteiger partial charge in [0, 0.05) is 31.1 Å². The second kappa shape index (κ2) is 7.69. The van der Waals surface area contributed by atoms with Crippen LogP contribution in [0.15, 0.2) is 33.9 Å². The Morgan fingerprint density at radius 2 is 2.24 bits per heavy atom. The largest absolute Gasteiger partial charge is 0.361 e. The van der Waals surface area contributed by atoms with Crippen molar-refractivity contribution in [1.29, 1.82) is 0 Å². The van der Waals surface area contributed by atoms with Crippen LogP contribution in [0.25, 0.3) is 0 Å². The van der Waals surface area contributed by atoms with Crippen LogP contribution in [0.4, 0.5) is 0 Å². The highest BCUT2D eigenvalue weighted by molar-refractivity contribution is 7.98. The van der Waals surface area contributed by atoms with E-state index in [0.29, 0.717) is 16.3 Å². The minimum absolute atomic E-state index is 0.0385. The van der Waals surface area contributed by atoms with E-state index in [2.05, 4.69) is 15.5 Å². The number of hydrogen-bond acceptors (Lipinski definition) is 6. The summed E-state index contributed by atoms with van der Waals surface area (Å²) in [6, 6.07) is 5.58. The minimum Gasteiger partial charge on any atom is -0.361 e. The van der Waals surface area contributed by atoms with Crippen LogP contribution in [0.1, 0.15) is 34.7 Å². The Hall–Kier alpha value is -2.35. The van der Waals surface area contributed by atoms with Gasteiger partial charge >= 0.3 is 0 Å². The van der Waals surface area contributed by atoms with Crippen LogP contribution in [0.2, 0.25) is 0 Å². The van der Waals surface area contributed by atoms with Gasteiger partial charge in [-0.05, 0) is 31.9 Å². The molecule has 0 unspecified atom stereocenters. The van der Waals surface area contributed by atoms with E-state index in [-0.39, 0.29) is 24.4 Å². The molecule has 7 nitrogen and oxygen atoms in total. The lowest BCUT2D eigenvalue weighted by Gasteiger charge is -2.18. The molecule has 0 aromatic carbocycles. The lowest BCUT2D eigenvalue weighted by Crippen LogP contribution is -2.39. The highest BCUT2D eigenvalue weighted by atomic mass is 32.2. The Labute approximate surface area is 150 Å². The van der Waals surface area contributed by atoms with E-state index >= 15 is 0 Å². The number of aromatic nitrogens is 2. The van der Waals surface area contributed by atoms with Gasteiger partial charge in [-0.3, -0.25) is 9.59 Å². The first-order valence-electron chi connectivity index (χ1n) is 8.08. The van der Waals surface area contributed by atoms with Crippen LogP contribution in [-0.2, 0) is 10.5 Å². The molecule has 0 saturated heterocycles. The van der Waals surface area contributed by atoms with Gasteiger partial charge in [-0.2, -0.15) is 0 Å². The fourth-order valence-corrected chi connectivity index (χ4v) is 3.16. The van der Waals surface area contributed by atoms with Crippen molar-refractivity contribution in [2.24, 2.45) is 0 Å². The summed E-state index contributed by atoms with van der Waals surface area (Å²) in [4.78, 5) is 30.3. The molecule has 0 spiro atoms. The van der Waals surface area contributed by atoms with Crippen LogP contribution in [0.3, 0.4) is 0 Å². The number of pyridine rings is 1. The van der Waals surface area contributed by atoms with Crippen molar-refractivity contribution in [3.05, 3.63) is 41.4 Å². The zero-order valence-electron chi connectivity index (χ0n) is 14.2. The van der Waals surface area contributed by atoms with Crippen molar-refractivity contribution < 1.29 is 14.1 Å². The molecule has 1 saturated carbocycles. The van der Waals surface area contributed by atoms with E-state index in [1.54, 1.807) is 25.4 Å². The molecule has 0 bridgehead atoms. The summed E-state index contributed by atoms with van der Waals surface area (Å²) in [6.07, 6.45) is 3.69. The smallest absolute Gasteiger partial charge is 0.256 e. The van der Waals surface area contributed by atoms with Gasteiger partial charge in [-0.1, -0.05) is 16.9 Å². The molecule has 0 radical (unpaired) electrons. The predicted octanol–water partition coefficient (Wildman–Crippen LogP) is 2.02. The second-order valence-corrected chi connectivity index (χ2v) is 7.04. The van der Waals surface area contributed by atoms with Crippen molar-refractivity contribution in [1.82, 2.24) is 20.4 Å². The molecule has 2 heterocycles. The van der Waals surface area contributed by atoms with Crippen LogP contribution in [0, 0.1) is 6.92 Å². The molecule has 3 rings (SSSR count). The lowest BCUT2D eigenvalue weighted by molar-refractivity contribution is -0.121. The number of hydrogen-bond donors (Lipinski definition) is 1. The van der Waals surface area contributed by atoms with Crippen LogP contribution in [0.5, 0.6) is 0 Å². The van der Waals surface area contributed by atoms with Gasteiger partial charge in [-0.25, -0.2) is 4.98 Å². The van der Waals surface area contributed by atoms with Gasteiger partial charge in [0.1, 0.15) is 10.8 Å². The minimum atomic E-state index is -0.224. The Morgan fingerprint density at radius 3 is 2.92 bits per heavy atom. The molecule has 0 aliphatic heterocycles. The lowest BCUT2D eigenvalue weighted by atomic mass is 10.2. The Morgan fingerprint density at radius 1 is 1.44 bits per heavy atom. The molecule has 2 aromatic heterocycles. The number of carbonyl (C=O) groups excluding carboxylic acids is 2. The number of amides is 2. The number of aryl methyl sites for hydroxylation is 1. The summed E-state index contributed by atoms with van der Waals surface area (Å²) >= 11 is 1.42. The first kappa shape index (κ1) is 17.5. The number of likely N-dealkylation sites (N-methyl/N-ethyl adjacent to an activating group) is 1. The molecular formula is C17H20N4O3S. The summed E-state index contributed by atoms with van der Waals surface area (Å²) in [5.74, 6) is 0.947. The van der Waals surface area contributed by atoms with Crippen LogP contribution in [-0.4, -0.2) is 46.5 Å². The van der Waals surface area contributed by atoms with Gasteiger partial charge < -0.3 is 14.7 Å². The van der Waals surface area contributed by atoms with Gasteiger partial charge in [0.25, 0.3) is 5.91 Å². The predicted molar refractivity (Wildman–Crippen MR) is 93.2 cm³/mol. The Bertz CT molecular complexity index is 773. The average Bonchev–Trinajstić information content (AvgIpc) is 3.31. The third-order valence-electron chi connectivity index (χ3n) is 3.71. The SMILES string of the molecule is Cc1cc(CSc2ncccc2C(=O)N(C)CC(=O)NC2CC2)no1. The number of carbonyl (C=O) groups is 2. The Kier molecular flexibility index (Phi) is 5.37.